The lowest BCUT2D eigenvalue weighted by molar-refractivity contribution is -0.136. The average molecular weight is 678 g/mol. The second-order valence-corrected chi connectivity index (χ2v) is 14.3. The van der Waals surface area contributed by atoms with Gasteiger partial charge in [-0.2, -0.15) is 0 Å². The molecule has 1 aliphatic heterocycles. The number of hydrogen-bond donors (Lipinski definition) is 3. The SMILES string of the molecule is O=C(O)CCNC(=O)c1ccc(CC(C(=O)Nc2cccc(S(=O)(=O)N3CCc4ccccc43)c2)c2ccc(C3=CCCCC3)cc2)cc1. The summed E-state index contributed by atoms with van der Waals surface area (Å²) in [6.07, 6.45) is 7.53. The van der Waals surface area contributed by atoms with Crippen molar-refractivity contribution in [2.75, 3.05) is 22.7 Å². The van der Waals surface area contributed by atoms with E-state index in [4.69, 9.17) is 5.11 Å². The summed E-state index contributed by atoms with van der Waals surface area (Å²) in [4.78, 5) is 37.4. The number of amides is 2. The van der Waals surface area contributed by atoms with Crippen LogP contribution in [0.5, 0.6) is 0 Å². The minimum Gasteiger partial charge on any atom is -0.481 e. The van der Waals surface area contributed by atoms with Crippen molar-refractivity contribution >= 4 is 44.8 Å². The molecule has 0 spiro atoms. The van der Waals surface area contributed by atoms with Crippen LogP contribution in [0.1, 0.15) is 70.6 Å². The number of anilines is 2. The summed E-state index contributed by atoms with van der Waals surface area (Å²) in [7, 11) is -3.85. The van der Waals surface area contributed by atoms with Crippen LogP contribution in [0.3, 0.4) is 0 Å². The molecule has 4 aromatic rings. The predicted molar refractivity (Wildman–Crippen MR) is 190 cm³/mol. The van der Waals surface area contributed by atoms with Gasteiger partial charge in [0.25, 0.3) is 15.9 Å². The molecule has 0 saturated carbocycles. The first-order chi connectivity index (χ1) is 23.7. The van der Waals surface area contributed by atoms with Crippen molar-refractivity contribution in [1.82, 2.24) is 5.32 Å². The number of nitrogens with zero attached hydrogens (tertiary/aromatic N) is 1. The molecule has 1 aliphatic carbocycles. The number of carbonyl (C=O) groups excluding carboxylic acids is 2. The number of sulfonamides is 1. The van der Waals surface area contributed by atoms with E-state index in [-0.39, 0.29) is 29.7 Å². The van der Waals surface area contributed by atoms with Crippen molar-refractivity contribution in [2.24, 2.45) is 0 Å². The lowest BCUT2D eigenvalue weighted by Crippen LogP contribution is -2.29. The number of benzene rings is 4. The van der Waals surface area contributed by atoms with Gasteiger partial charge >= 0.3 is 5.97 Å². The second-order valence-electron chi connectivity index (χ2n) is 12.4. The van der Waals surface area contributed by atoms with E-state index in [0.717, 1.165) is 41.5 Å². The molecule has 3 N–H and O–H groups in total. The number of carboxylic acids is 1. The van der Waals surface area contributed by atoms with Crippen LogP contribution >= 0.6 is 0 Å². The molecule has 252 valence electrons. The van der Waals surface area contributed by atoms with Crippen molar-refractivity contribution in [3.05, 3.63) is 131 Å². The van der Waals surface area contributed by atoms with E-state index in [2.05, 4.69) is 28.8 Å². The van der Waals surface area contributed by atoms with Crippen molar-refractivity contribution < 1.29 is 27.9 Å². The quantitative estimate of drug-likeness (QED) is 0.156. The van der Waals surface area contributed by atoms with Crippen LogP contribution in [0.25, 0.3) is 5.57 Å². The molecule has 0 fully saturated rings. The highest BCUT2D eigenvalue weighted by Gasteiger charge is 2.31. The first-order valence-electron chi connectivity index (χ1n) is 16.6. The lowest BCUT2D eigenvalue weighted by Gasteiger charge is -2.21. The van der Waals surface area contributed by atoms with Gasteiger partial charge < -0.3 is 15.7 Å². The largest absolute Gasteiger partial charge is 0.481 e. The van der Waals surface area contributed by atoms with Gasteiger partial charge in [-0.25, -0.2) is 8.42 Å². The molecule has 0 radical (unpaired) electrons. The molecule has 0 aromatic heterocycles. The molecule has 1 unspecified atom stereocenters. The first-order valence-corrected chi connectivity index (χ1v) is 18.0. The Morgan fingerprint density at radius 3 is 2.37 bits per heavy atom. The highest BCUT2D eigenvalue weighted by Crippen LogP contribution is 2.34. The molecule has 1 atom stereocenters. The molecule has 49 heavy (non-hydrogen) atoms. The molecule has 9 nitrogen and oxygen atoms in total. The van der Waals surface area contributed by atoms with Gasteiger partial charge in [0.2, 0.25) is 5.91 Å². The monoisotopic (exact) mass is 677 g/mol. The maximum atomic E-state index is 14.0. The van der Waals surface area contributed by atoms with E-state index in [1.54, 1.807) is 42.5 Å². The molecule has 2 amide bonds. The van der Waals surface area contributed by atoms with Gasteiger partial charge in [0.05, 0.1) is 22.9 Å². The van der Waals surface area contributed by atoms with Crippen LogP contribution in [0.15, 0.2) is 108 Å². The number of carboxylic acid groups (broad SMARTS) is 1. The number of carbonyl (C=O) groups is 3. The van der Waals surface area contributed by atoms with Crippen molar-refractivity contribution in [3.63, 3.8) is 0 Å². The Kier molecular flexibility index (Phi) is 10.2. The molecule has 2 aliphatic rings. The van der Waals surface area contributed by atoms with Crippen molar-refractivity contribution in [1.29, 1.82) is 0 Å². The van der Waals surface area contributed by atoms with Crippen molar-refractivity contribution in [3.8, 4) is 0 Å². The standard InChI is InChI=1S/C39H39N3O6S/c43-37(44)21-23-40-38(45)32-15-13-27(14-16-32)25-35(30-19-17-29(18-20-30)28-7-2-1-3-8-28)39(46)41-33-10-6-11-34(26-33)49(47,48)42-24-22-31-9-4-5-12-36(31)42/h4-7,9-20,26,35H,1-3,8,21-25H2,(H,40,45)(H,41,46)(H,43,44). The first kappa shape index (κ1) is 33.7. The Hall–Kier alpha value is -5.22. The molecule has 10 heteroatoms. The number of para-hydroxylation sites is 1. The summed E-state index contributed by atoms with van der Waals surface area (Å²) < 4.78 is 28.8. The Morgan fingerprint density at radius 2 is 1.63 bits per heavy atom. The smallest absolute Gasteiger partial charge is 0.305 e. The summed E-state index contributed by atoms with van der Waals surface area (Å²) >= 11 is 0. The summed E-state index contributed by atoms with van der Waals surface area (Å²) in [5.41, 5.74) is 6.51. The van der Waals surface area contributed by atoms with Crippen LogP contribution in [0, 0.1) is 0 Å². The molecular formula is C39H39N3O6S. The summed E-state index contributed by atoms with van der Waals surface area (Å²) in [5.74, 6) is -2.27. The minimum absolute atomic E-state index is 0.0267. The maximum Gasteiger partial charge on any atom is 0.305 e. The zero-order valence-electron chi connectivity index (χ0n) is 27.1. The van der Waals surface area contributed by atoms with Crippen LogP contribution < -0.4 is 14.9 Å². The number of fused-ring (bicyclic) bond motifs is 1. The third-order valence-electron chi connectivity index (χ3n) is 9.11. The fourth-order valence-corrected chi connectivity index (χ4v) is 8.00. The number of rotatable bonds is 12. The third-order valence-corrected chi connectivity index (χ3v) is 10.9. The van der Waals surface area contributed by atoms with E-state index in [9.17, 15) is 22.8 Å². The summed E-state index contributed by atoms with van der Waals surface area (Å²) in [6, 6.07) is 28.8. The average Bonchev–Trinajstić information content (AvgIpc) is 3.57. The zero-order valence-corrected chi connectivity index (χ0v) is 27.9. The van der Waals surface area contributed by atoms with Crippen LogP contribution in [0.2, 0.25) is 0 Å². The maximum absolute atomic E-state index is 14.0. The predicted octanol–water partition coefficient (Wildman–Crippen LogP) is 6.56. The Balaban J connectivity index is 1.23. The molecule has 6 rings (SSSR count). The fourth-order valence-electron chi connectivity index (χ4n) is 6.45. The van der Waals surface area contributed by atoms with Crippen LogP contribution in [-0.4, -0.2) is 44.4 Å². The molecule has 0 bridgehead atoms. The van der Waals surface area contributed by atoms with Gasteiger partial charge in [-0.1, -0.05) is 66.7 Å². The fraction of sp³-hybridized carbons (Fsp3) is 0.256. The molecule has 1 heterocycles. The van der Waals surface area contributed by atoms with Gasteiger partial charge in [-0.05, 0) is 103 Å². The normalized spacial score (nSPS) is 14.8. The number of nitrogens with one attached hydrogen (secondary N) is 2. The highest BCUT2D eigenvalue weighted by molar-refractivity contribution is 7.92. The third kappa shape index (κ3) is 7.92. The van der Waals surface area contributed by atoms with Crippen LogP contribution in [-0.2, 0) is 32.5 Å². The molecular weight excluding hydrogens is 639 g/mol. The summed E-state index contributed by atoms with van der Waals surface area (Å²) in [6.45, 7) is 0.384. The molecule has 4 aromatic carbocycles. The van der Waals surface area contributed by atoms with E-state index in [0.29, 0.717) is 36.3 Å². The Bertz CT molecular complexity index is 1990. The van der Waals surface area contributed by atoms with E-state index < -0.39 is 21.9 Å². The van der Waals surface area contributed by atoms with Gasteiger partial charge in [0.1, 0.15) is 0 Å². The van der Waals surface area contributed by atoms with Gasteiger partial charge in [-0.15, -0.1) is 0 Å². The highest BCUT2D eigenvalue weighted by atomic mass is 32.2. The Morgan fingerprint density at radius 1 is 0.857 bits per heavy atom. The number of aliphatic carboxylic acids is 1. The molecule has 0 saturated heterocycles. The zero-order chi connectivity index (χ0) is 34.4. The van der Waals surface area contributed by atoms with Gasteiger partial charge in [0.15, 0.2) is 0 Å². The van der Waals surface area contributed by atoms with Gasteiger partial charge in [0, 0.05) is 24.3 Å². The minimum atomic E-state index is -3.85. The van der Waals surface area contributed by atoms with E-state index in [1.165, 1.54) is 22.4 Å². The topological polar surface area (TPSA) is 133 Å². The number of hydrogen-bond acceptors (Lipinski definition) is 5. The Labute approximate surface area is 286 Å². The van der Waals surface area contributed by atoms with Crippen LogP contribution in [0.4, 0.5) is 11.4 Å². The lowest BCUT2D eigenvalue weighted by atomic mass is 9.88. The summed E-state index contributed by atoms with van der Waals surface area (Å²) in [5, 5.41) is 14.4. The second kappa shape index (κ2) is 14.9. The van der Waals surface area contributed by atoms with E-state index in [1.807, 2.05) is 36.4 Å². The number of allylic oxidation sites excluding steroid dienone is 2. The van der Waals surface area contributed by atoms with Gasteiger partial charge in [-0.3, -0.25) is 18.7 Å². The van der Waals surface area contributed by atoms with Crippen molar-refractivity contribution in [2.45, 2.75) is 55.8 Å². The van der Waals surface area contributed by atoms with E-state index >= 15 is 0 Å².